The van der Waals surface area contributed by atoms with E-state index in [1.54, 1.807) is 12.4 Å². The smallest absolute Gasteiger partial charge is 0.406 e. The molecule has 0 atom stereocenters. The highest BCUT2D eigenvalue weighted by molar-refractivity contribution is 5.94. The maximum absolute atomic E-state index is 13.1. The maximum Gasteiger partial charge on any atom is 0.573 e. The van der Waals surface area contributed by atoms with Gasteiger partial charge in [0, 0.05) is 44.0 Å². The number of halogens is 3. The largest absolute Gasteiger partial charge is 0.573 e. The van der Waals surface area contributed by atoms with Crippen LogP contribution < -0.4 is 4.74 Å². The van der Waals surface area contributed by atoms with E-state index in [0.29, 0.717) is 30.1 Å². The second-order valence-electron chi connectivity index (χ2n) is 9.85. The van der Waals surface area contributed by atoms with Crippen LogP contribution in [-0.2, 0) is 12.8 Å². The highest BCUT2D eigenvalue weighted by atomic mass is 19.4. The molecule has 0 unspecified atom stereocenters. The van der Waals surface area contributed by atoms with E-state index in [1.807, 2.05) is 11.0 Å². The Kier molecular flexibility index (Phi) is 6.00. The van der Waals surface area contributed by atoms with Crippen molar-refractivity contribution in [3.63, 3.8) is 0 Å². The van der Waals surface area contributed by atoms with Gasteiger partial charge < -0.3 is 14.5 Å². The third-order valence-electron chi connectivity index (χ3n) is 7.40. The molecule has 3 heterocycles. The normalized spacial score (nSPS) is 20.3. The van der Waals surface area contributed by atoms with Gasteiger partial charge in [-0.3, -0.25) is 4.79 Å². The van der Waals surface area contributed by atoms with Crippen molar-refractivity contribution in [2.75, 3.05) is 26.7 Å². The Morgan fingerprint density at radius 1 is 1.06 bits per heavy atom. The van der Waals surface area contributed by atoms with E-state index in [1.165, 1.54) is 12.1 Å². The molecule has 1 aromatic heterocycles. The molecule has 1 aliphatic carbocycles. The highest BCUT2D eigenvalue weighted by Gasteiger charge is 2.48. The minimum Gasteiger partial charge on any atom is -0.406 e. The van der Waals surface area contributed by atoms with E-state index in [0.717, 1.165) is 62.9 Å². The molecule has 0 radical (unpaired) electrons. The molecule has 1 saturated carbocycles. The zero-order valence-electron chi connectivity index (χ0n) is 19.3. The van der Waals surface area contributed by atoms with Gasteiger partial charge >= 0.3 is 6.36 Å². The number of piperidine rings is 1. The van der Waals surface area contributed by atoms with Gasteiger partial charge in [-0.25, -0.2) is 9.97 Å². The molecule has 0 bridgehead atoms. The first-order valence-electron chi connectivity index (χ1n) is 11.9. The molecule has 0 N–H and O–H groups in total. The second-order valence-corrected chi connectivity index (χ2v) is 9.85. The molecular formula is C25H29F3N4O2. The van der Waals surface area contributed by atoms with Gasteiger partial charge in [0.15, 0.2) is 0 Å². The molecule has 6 nitrogen and oxygen atoms in total. The lowest BCUT2D eigenvalue weighted by atomic mass is 9.76. The van der Waals surface area contributed by atoms with Gasteiger partial charge in [0.25, 0.3) is 5.91 Å². The third kappa shape index (κ3) is 5.04. The summed E-state index contributed by atoms with van der Waals surface area (Å²) in [5.41, 5.74) is 2.11. The number of alkyl halides is 3. The fourth-order valence-electron chi connectivity index (χ4n) is 5.09. The molecule has 1 amide bonds. The molecule has 2 aromatic rings. The van der Waals surface area contributed by atoms with Crippen molar-refractivity contribution in [2.45, 2.75) is 62.8 Å². The molecule has 34 heavy (non-hydrogen) atoms. The summed E-state index contributed by atoms with van der Waals surface area (Å²) in [6, 6.07) is 4.87. The first-order valence-corrected chi connectivity index (χ1v) is 11.9. The van der Waals surface area contributed by atoms with Crippen molar-refractivity contribution in [3.05, 3.63) is 53.1 Å². The summed E-state index contributed by atoms with van der Waals surface area (Å²) < 4.78 is 42.3. The first-order chi connectivity index (χ1) is 16.2. The lowest BCUT2D eigenvalue weighted by molar-refractivity contribution is -0.274. The Hall–Kier alpha value is -2.68. The maximum atomic E-state index is 13.1. The number of carbonyl (C=O) groups excluding carboxylic acids is 1. The minimum absolute atomic E-state index is 0.0200. The molecule has 2 saturated heterocycles. The van der Waals surface area contributed by atoms with Crippen LogP contribution in [-0.4, -0.2) is 64.3 Å². The zero-order valence-corrected chi connectivity index (χ0v) is 19.3. The van der Waals surface area contributed by atoms with Gasteiger partial charge in [-0.2, -0.15) is 0 Å². The average molecular weight is 475 g/mol. The summed E-state index contributed by atoms with van der Waals surface area (Å²) in [6.07, 6.45) is 4.40. The molecule has 3 fully saturated rings. The Labute approximate surface area is 197 Å². The van der Waals surface area contributed by atoms with Crippen molar-refractivity contribution in [1.29, 1.82) is 0 Å². The summed E-state index contributed by atoms with van der Waals surface area (Å²) >= 11 is 0. The summed E-state index contributed by atoms with van der Waals surface area (Å²) in [7, 11) is 2.11. The summed E-state index contributed by atoms with van der Waals surface area (Å²) in [6.45, 7) is 2.76. The molecule has 3 aliphatic rings. The van der Waals surface area contributed by atoms with Crippen LogP contribution in [0.1, 0.15) is 65.3 Å². The number of rotatable bonds is 6. The van der Waals surface area contributed by atoms with Gasteiger partial charge in [-0.05, 0) is 74.8 Å². The Balaban J connectivity index is 1.22. The van der Waals surface area contributed by atoms with E-state index >= 15 is 0 Å². The van der Waals surface area contributed by atoms with Gasteiger partial charge in [-0.15, -0.1) is 13.2 Å². The van der Waals surface area contributed by atoms with Crippen molar-refractivity contribution in [2.24, 2.45) is 0 Å². The summed E-state index contributed by atoms with van der Waals surface area (Å²) in [5, 5.41) is 0. The quantitative estimate of drug-likeness (QED) is 0.623. The monoisotopic (exact) mass is 474 g/mol. The van der Waals surface area contributed by atoms with Crippen LogP contribution in [0.4, 0.5) is 13.2 Å². The predicted octanol–water partition coefficient (Wildman–Crippen LogP) is 4.35. The van der Waals surface area contributed by atoms with Gasteiger partial charge in [0.2, 0.25) is 0 Å². The average Bonchev–Trinajstić information content (AvgIpc) is 3.62. The molecule has 2 aliphatic heterocycles. The number of hydrogen-bond donors (Lipinski definition) is 0. The molecule has 182 valence electrons. The van der Waals surface area contributed by atoms with E-state index in [2.05, 4.69) is 26.7 Å². The molecule has 5 rings (SSSR count). The number of likely N-dealkylation sites (tertiary alicyclic amines) is 2. The number of aryl methyl sites for hydroxylation is 2. The fourth-order valence-corrected chi connectivity index (χ4v) is 5.09. The van der Waals surface area contributed by atoms with Crippen LogP contribution in [0.3, 0.4) is 0 Å². The lowest BCUT2D eigenvalue weighted by Gasteiger charge is -2.56. The second kappa shape index (κ2) is 8.83. The van der Waals surface area contributed by atoms with Crippen LogP contribution in [0.2, 0.25) is 0 Å². The van der Waals surface area contributed by atoms with E-state index in [9.17, 15) is 18.0 Å². The highest BCUT2D eigenvalue weighted by Crippen LogP contribution is 2.42. The Morgan fingerprint density at radius 2 is 1.74 bits per heavy atom. The van der Waals surface area contributed by atoms with Crippen LogP contribution >= 0.6 is 0 Å². The number of carbonyl (C=O) groups is 1. The Bertz CT molecular complexity index is 1050. The predicted molar refractivity (Wildman–Crippen MR) is 120 cm³/mol. The number of benzene rings is 1. The summed E-state index contributed by atoms with van der Waals surface area (Å²) in [5.74, 6) is 0.676. The molecule has 9 heteroatoms. The zero-order chi connectivity index (χ0) is 23.9. The first kappa shape index (κ1) is 23.1. The fraction of sp³-hybridized carbons (Fsp3) is 0.560. The van der Waals surface area contributed by atoms with E-state index in [-0.39, 0.29) is 17.2 Å². The lowest BCUT2D eigenvalue weighted by Crippen LogP contribution is -2.65. The van der Waals surface area contributed by atoms with Crippen molar-refractivity contribution in [1.82, 2.24) is 19.8 Å². The SMILES string of the molecule is CN1CCC2(CC1)CCN2C(=O)c1cnc(CCc2cc(OC(F)(F)F)cc(C3CC3)c2)nc1. The van der Waals surface area contributed by atoms with Crippen molar-refractivity contribution >= 4 is 5.91 Å². The van der Waals surface area contributed by atoms with Crippen LogP contribution in [0.5, 0.6) is 5.75 Å². The van der Waals surface area contributed by atoms with E-state index < -0.39 is 6.36 Å². The molecule has 1 aromatic carbocycles. The standard InChI is InChI=1S/C25H29F3N4O2/c1-31-9-6-24(7-10-31)8-11-32(24)23(33)20-15-29-22(30-16-20)5-2-17-12-19(18-3-4-18)14-21(13-17)34-25(26,27)28/h12-16,18H,2-11H2,1H3. The number of amides is 1. The van der Waals surface area contributed by atoms with Crippen LogP contribution in [0.15, 0.2) is 30.6 Å². The van der Waals surface area contributed by atoms with Crippen molar-refractivity contribution < 1.29 is 22.7 Å². The van der Waals surface area contributed by atoms with Crippen molar-refractivity contribution in [3.8, 4) is 5.75 Å². The third-order valence-corrected chi connectivity index (χ3v) is 7.40. The minimum atomic E-state index is -4.71. The Morgan fingerprint density at radius 3 is 2.32 bits per heavy atom. The van der Waals surface area contributed by atoms with E-state index in [4.69, 9.17) is 0 Å². The number of hydrogen-bond acceptors (Lipinski definition) is 5. The topological polar surface area (TPSA) is 58.6 Å². The molecule has 1 spiro atoms. The number of nitrogens with zero attached hydrogens (tertiary/aromatic N) is 4. The van der Waals surface area contributed by atoms with Gasteiger partial charge in [0.1, 0.15) is 11.6 Å². The van der Waals surface area contributed by atoms with Gasteiger partial charge in [-0.1, -0.05) is 6.07 Å². The number of aromatic nitrogens is 2. The molecular weight excluding hydrogens is 445 g/mol. The van der Waals surface area contributed by atoms with Gasteiger partial charge in [0.05, 0.1) is 5.56 Å². The summed E-state index contributed by atoms with van der Waals surface area (Å²) in [4.78, 5) is 26.1. The van der Waals surface area contributed by atoms with Crippen LogP contribution in [0.25, 0.3) is 0 Å². The van der Waals surface area contributed by atoms with Crippen LogP contribution in [0, 0.1) is 0 Å². The number of ether oxygens (including phenoxy) is 1.